The quantitative estimate of drug-likeness (QED) is 0.639. The molecule has 26 heavy (non-hydrogen) atoms. The molecule has 1 aliphatic rings. The second-order valence-electron chi connectivity index (χ2n) is 6.82. The average molecular weight is 370 g/mol. The summed E-state index contributed by atoms with van der Waals surface area (Å²) >= 11 is 5.93. The summed E-state index contributed by atoms with van der Waals surface area (Å²) in [6.45, 7) is 4.78. The van der Waals surface area contributed by atoms with E-state index in [1.54, 1.807) is 6.21 Å². The van der Waals surface area contributed by atoms with Gasteiger partial charge in [-0.2, -0.15) is 5.10 Å². The molecule has 0 atom stereocenters. The van der Waals surface area contributed by atoms with Crippen molar-refractivity contribution in [2.24, 2.45) is 11.0 Å². The van der Waals surface area contributed by atoms with Crippen molar-refractivity contribution in [1.82, 2.24) is 10.3 Å². The third kappa shape index (κ3) is 5.41. The number of piperidine rings is 1. The van der Waals surface area contributed by atoms with Crippen LogP contribution in [-0.4, -0.2) is 30.1 Å². The maximum absolute atomic E-state index is 12.3. The van der Waals surface area contributed by atoms with Crippen molar-refractivity contribution in [3.05, 3.63) is 70.2 Å². The largest absolute Gasteiger partial charge is 0.299 e. The van der Waals surface area contributed by atoms with Gasteiger partial charge in [0.1, 0.15) is 0 Å². The van der Waals surface area contributed by atoms with E-state index in [-0.39, 0.29) is 11.8 Å². The molecule has 4 nitrogen and oxygen atoms in total. The van der Waals surface area contributed by atoms with Gasteiger partial charge < -0.3 is 0 Å². The highest BCUT2D eigenvalue weighted by Crippen LogP contribution is 2.20. The number of nitrogens with zero attached hydrogens (tertiary/aromatic N) is 2. The predicted octanol–water partition coefficient (Wildman–Crippen LogP) is 4.01. The zero-order valence-corrected chi connectivity index (χ0v) is 15.7. The number of carbonyl (C=O) groups is 1. The molecule has 3 rings (SSSR count). The van der Waals surface area contributed by atoms with Crippen LogP contribution in [0.5, 0.6) is 0 Å². The highest BCUT2D eigenvalue weighted by Gasteiger charge is 2.24. The molecule has 2 aromatic carbocycles. The lowest BCUT2D eigenvalue weighted by atomic mass is 9.96. The van der Waals surface area contributed by atoms with Gasteiger partial charge in [0.2, 0.25) is 5.91 Å². The van der Waals surface area contributed by atoms with Gasteiger partial charge in [0.25, 0.3) is 0 Å². The van der Waals surface area contributed by atoms with Crippen molar-refractivity contribution < 1.29 is 4.79 Å². The molecule has 1 N–H and O–H groups in total. The molecule has 5 heteroatoms. The minimum atomic E-state index is 0.0134. The van der Waals surface area contributed by atoms with Gasteiger partial charge in [0, 0.05) is 17.5 Å². The summed E-state index contributed by atoms with van der Waals surface area (Å²) < 4.78 is 0. The zero-order valence-electron chi connectivity index (χ0n) is 15.0. The maximum atomic E-state index is 12.3. The number of likely N-dealkylation sites (tertiary alicyclic amines) is 1. The Morgan fingerprint density at radius 1 is 1.15 bits per heavy atom. The second kappa shape index (κ2) is 8.97. The summed E-state index contributed by atoms with van der Waals surface area (Å²) in [6.07, 6.45) is 3.41. The summed E-state index contributed by atoms with van der Waals surface area (Å²) in [7, 11) is 0. The Kier molecular flexibility index (Phi) is 6.42. The van der Waals surface area contributed by atoms with Crippen molar-refractivity contribution in [2.45, 2.75) is 26.3 Å². The van der Waals surface area contributed by atoms with E-state index < -0.39 is 0 Å². The number of halogens is 1. The SMILES string of the molecule is Cc1ccc(/C=N\NC(=O)C2CCN(Cc3ccc(Cl)cc3)CC2)cc1. The fourth-order valence-corrected chi connectivity index (χ4v) is 3.24. The Bertz CT molecular complexity index is 748. The number of hydrazone groups is 1. The van der Waals surface area contributed by atoms with Gasteiger partial charge in [0.05, 0.1) is 6.21 Å². The van der Waals surface area contributed by atoms with E-state index in [0.29, 0.717) is 0 Å². The molecule has 0 radical (unpaired) electrons. The Morgan fingerprint density at radius 2 is 1.81 bits per heavy atom. The fraction of sp³-hybridized carbons (Fsp3) is 0.333. The molecule has 1 amide bonds. The Labute approximate surface area is 159 Å². The van der Waals surface area contributed by atoms with Gasteiger partial charge in [-0.25, -0.2) is 5.43 Å². The first kappa shape index (κ1) is 18.6. The Balaban J connectivity index is 1.43. The summed E-state index contributed by atoms with van der Waals surface area (Å²) in [4.78, 5) is 14.7. The van der Waals surface area contributed by atoms with E-state index in [2.05, 4.69) is 27.6 Å². The minimum absolute atomic E-state index is 0.0134. The van der Waals surface area contributed by atoms with Gasteiger partial charge in [-0.15, -0.1) is 0 Å². The lowest BCUT2D eigenvalue weighted by Gasteiger charge is -2.30. The zero-order chi connectivity index (χ0) is 18.4. The first-order valence-electron chi connectivity index (χ1n) is 8.96. The van der Waals surface area contributed by atoms with Crippen LogP contribution in [0.15, 0.2) is 53.6 Å². The van der Waals surface area contributed by atoms with Crippen LogP contribution in [0.1, 0.15) is 29.5 Å². The molecule has 0 aliphatic carbocycles. The number of hydrogen-bond acceptors (Lipinski definition) is 3. The molecule has 136 valence electrons. The summed E-state index contributed by atoms with van der Waals surface area (Å²) in [6, 6.07) is 16.0. The van der Waals surface area contributed by atoms with Gasteiger partial charge in [0.15, 0.2) is 0 Å². The number of rotatable bonds is 5. The van der Waals surface area contributed by atoms with Crippen molar-refractivity contribution >= 4 is 23.7 Å². The number of hydrogen-bond donors (Lipinski definition) is 1. The molecular formula is C21H24ClN3O. The van der Waals surface area contributed by atoms with E-state index in [4.69, 9.17) is 11.6 Å². The van der Waals surface area contributed by atoms with Crippen molar-refractivity contribution in [2.75, 3.05) is 13.1 Å². The van der Waals surface area contributed by atoms with Gasteiger partial charge in [-0.05, 0) is 56.1 Å². The molecule has 1 heterocycles. The van der Waals surface area contributed by atoms with Crippen LogP contribution in [0.3, 0.4) is 0 Å². The van der Waals surface area contributed by atoms with Crippen LogP contribution < -0.4 is 5.43 Å². The highest BCUT2D eigenvalue weighted by molar-refractivity contribution is 6.30. The van der Waals surface area contributed by atoms with Crippen LogP contribution >= 0.6 is 11.6 Å². The summed E-state index contributed by atoms with van der Waals surface area (Å²) in [5.41, 5.74) is 6.12. The van der Waals surface area contributed by atoms with E-state index in [0.717, 1.165) is 43.1 Å². The van der Waals surface area contributed by atoms with Crippen LogP contribution in [0.25, 0.3) is 0 Å². The van der Waals surface area contributed by atoms with Crippen LogP contribution in [0.4, 0.5) is 0 Å². The lowest BCUT2D eigenvalue weighted by Crippen LogP contribution is -2.39. The molecule has 0 unspecified atom stereocenters. The van der Waals surface area contributed by atoms with E-state index in [9.17, 15) is 4.79 Å². The molecule has 0 saturated carbocycles. The number of nitrogens with one attached hydrogen (secondary N) is 1. The number of benzene rings is 2. The number of amides is 1. The smallest absolute Gasteiger partial charge is 0.243 e. The first-order chi connectivity index (χ1) is 12.6. The summed E-state index contributed by atoms with van der Waals surface area (Å²) in [5, 5.41) is 4.85. The normalized spacial score (nSPS) is 16.1. The lowest BCUT2D eigenvalue weighted by molar-refractivity contribution is -0.126. The Hall–Kier alpha value is -2.17. The highest BCUT2D eigenvalue weighted by atomic mass is 35.5. The van der Waals surface area contributed by atoms with Crippen LogP contribution in [-0.2, 0) is 11.3 Å². The Morgan fingerprint density at radius 3 is 2.46 bits per heavy atom. The minimum Gasteiger partial charge on any atom is -0.299 e. The predicted molar refractivity (Wildman–Crippen MR) is 106 cm³/mol. The van der Waals surface area contributed by atoms with E-state index in [1.165, 1.54) is 11.1 Å². The maximum Gasteiger partial charge on any atom is 0.243 e. The van der Waals surface area contributed by atoms with Crippen LogP contribution in [0, 0.1) is 12.8 Å². The third-order valence-electron chi connectivity index (χ3n) is 4.74. The second-order valence-corrected chi connectivity index (χ2v) is 7.26. The van der Waals surface area contributed by atoms with Gasteiger partial charge in [-0.3, -0.25) is 9.69 Å². The first-order valence-corrected chi connectivity index (χ1v) is 9.34. The molecular weight excluding hydrogens is 346 g/mol. The van der Waals surface area contributed by atoms with Gasteiger partial charge >= 0.3 is 0 Å². The average Bonchev–Trinajstić information content (AvgIpc) is 2.66. The van der Waals surface area contributed by atoms with Crippen molar-refractivity contribution in [3.63, 3.8) is 0 Å². The fourth-order valence-electron chi connectivity index (χ4n) is 3.12. The van der Waals surface area contributed by atoms with E-state index >= 15 is 0 Å². The molecule has 1 fully saturated rings. The third-order valence-corrected chi connectivity index (χ3v) is 5.00. The summed E-state index contributed by atoms with van der Waals surface area (Å²) in [5.74, 6) is 0.0474. The van der Waals surface area contributed by atoms with E-state index in [1.807, 2.05) is 43.3 Å². The number of carbonyl (C=O) groups excluding carboxylic acids is 1. The van der Waals surface area contributed by atoms with Crippen LogP contribution in [0.2, 0.25) is 5.02 Å². The molecule has 0 aromatic heterocycles. The number of aryl methyl sites for hydroxylation is 1. The molecule has 2 aromatic rings. The standard InChI is InChI=1S/C21H24ClN3O/c1-16-2-4-17(5-3-16)14-23-24-21(26)19-10-12-25(13-11-19)15-18-6-8-20(22)9-7-18/h2-9,14,19H,10-13,15H2,1H3,(H,24,26)/b23-14-. The van der Waals surface area contributed by atoms with Crippen molar-refractivity contribution in [1.29, 1.82) is 0 Å². The topological polar surface area (TPSA) is 44.7 Å². The molecule has 0 bridgehead atoms. The molecule has 0 spiro atoms. The monoisotopic (exact) mass is 369 g/mol. The molecule has 1 aliphatic heterocycles. The van der Waals surface area contributed by atoms with Crippen molar-refractivity contribution in [3.8, 4) is 0 Å². The van der Waals surface area contributed by atoms with Gasteiger partial charge in [-0.1, -0.05) is 53.6 Å². The molecule has 1 saturated heterocycles.